The van der Waals surface area contributed by atoms with Crippen molar-refractivity contribution in [1.29, 1.82) is 0 Å². The average Bonchev–Trinajstić information content (AvgIpc) is 3.48. The molecule has 3 N–H and O–H groups in total. The number of fused-ring (bicyclic) bond motifs is 3. The van der Waals surface area contributed by atoms with Crippen molar-refractivity contribution in [2.75, 3.05) is 0 Å². The van der Waals surface area contributed by atoms with Crippen LogP contribution in [0.2, 0.25) is 0 Å². The third-order valence-electron chi connectivity index (χ3n) is 4.73. The number of nitrogens with zero attached hydrogens (tertiary/aromatic N) is 3. The summed E-state index contributed by atoms with van der Waals surface area (Å²) in [4.78, 5) is 21.5. The van der Waals surface area contributed by atoms with Crippen molar-refractivity contribution >= 4 is 52.9 Å². The molecule has 0 atom stereocenters. The number of aromatic nitrogens is 6. The van der Waals surface area contributed by atoms with Crippen LogP contribution in [0.5, 0.6) is 0 Å². The van der Waals surface area contributed by atoms with Crippen LogP contribution < -0.4 is 0 Å². The van der Waals surface area contributed by atoms with Crippen molar-refractivity contribution in [2.45, 2.75) is 20.8 Å². The maximum absolute atomic E-state index is 4.10. The molecule has 0 fully saturated rings. The Morgan fingerprint density at radius 1 is 0.484 bits per heavy atom. The minimum absolute atomic E-state index is 0. The van der Waals surface area contributed by atoms with Crippen LogP contribution in [0.15, 0.2) is 73.6 Å². The van der Waals surface area contributed by atoms with Gasteiger partial charge in [-0.1, -0.05) is 18.2 Å². The first-order valence-electron chi connectivity index (χ1n) is 9.78. The molecule has 6 rings (SSSR count). The molecule has 0 amide bonds. The summed E-state index contributed by atoms with van der Waals surface area (Å²) in [7, 11) is 0. The summed E-state index contributed by atoms with van der Waals surface area (Å²) in [6, 6.07) is 18.5. The Hall–Kier alpha value is -3.29. The Kier molecular flexibility index (Phi) is 7.33. The van der Waals surface area contributed by atoms with Crippen LogP contribution in [0.3, 0.4) is 0 Å². The molecule has 6 nitrogen and oxygen atoms in total. The minimum atomic E-state index is 0. The molecule has 7 heteroatoms. The van der Waals surface area contributed by atoms with E-state index in [9.17, 15) is 0 Å². The molecule has 0 bridgehead atoms. The molecule has 0 spiro atoms. The Labute approximate surface area is 193 Å². The standard InChI is InChI=1S/3C8H8N2.Ga/c3*1-6-2-3-7-8(4-6)10-5-9-7;/h3*2-5H,1H3,(H,9,10);/q;;;+3. The van der Waals surface area contributed by atoms with Crippen LogP contribution in [0, 0.1) is 20.8 Å². The normalized spacial score (nSPS) is 10.2. The molecular formula is C24H24GaN6+3. The molecule has 0 aliphatic carbocycles. The number of benzene rings is 3. The number of H-pyrrole nitrogens is 3. The molecule has 0 saturated carbocycles. The van der Waals surface area contributed by atoms with E-state index in [4.69, 9.17) is 0 Å². The van der Waals surface area contributed by atoms with E-state index in [-0.39, 0.29) is 19.8 Å². The van der Waals surface area contributed by atoms with Crippen LogP contribution >= 0.6 is 0 Å². The van der Waals surface area contributed by atoms with Gasteiger partial charge in [0.05, 0.1) is 52.1 Å². The number of aryl methyl sites for hydroxylation is 3. The van der Waals surface area contributed by atoms with E-state index in [1.165, 1.54) is 16.7 Å². The maximum atomic E-state index is 4.10. The minimum Gasteiger partial charge on any atom is -0.345 e. The largest absolute Gasteiger partial charge is 3.00 e. The van der Waals surface area contributed by atoms with Gasteiger partial charge in [-0.15, -0.1) is 0 Å². The van der Waals surface area contributed by atoms with Crippen molar-refractivity contribution in [2.24, 2.45) is 0 Å². The molecule has 0 radical (unpaired) electrons. The second-order valence-electron chi connectivity index (χ2n) is 7.27. The quantitative estimate of drug-likeness (QED) is 0.268. The fraction of sp³-hybridized carbons (Fsp3) is 0.125. The number of nitrogens with one attached hydrogen (secondary N) is 3. The van der Waals surface area contributed by atoms with Gasteiger partial charge in [0.1, 0.15) is 0 Å². The molecule has 0 aliphatic rings. The summed E-state index contributed by atoms with van der Waals surface area (Å²) in [6.07, 6.45) is 5.14. The average molecular weight is 466 g/mol. The molecule has 0 aliphatic heterocycles. The van der Waals surface area contributed by atoms with Gasteiger partial charge in [-0.2, -0.15) is 0 Å². The molecule has 6 aromatic rings. The van der Waals surface area contributed by atoms with Gasteiger partial charge < -0.3 is 15.0 Å². The zero-order chi connectivity index (χ0) is 20.9. The summed E-state index contributed by atoms with van der Waals surface area (Å²) >= 11 is 0. The van der Waals surface area contributed by atoms with Crippen LogP contribution in [0.4, 0.5) is 0 Å². The second kappa shape index (κ2) is 10.1. The first-order valence-corrected chi connectivity index (χ1v) is 9.78. The molecule has 0 unspecified atom stereocenters. The number of hydrogen-bond donors (Lipinski definition) is 3. The zero-order valence-electron chi connectivity index (χ0n) is 17.8. The third kappa shape index (κ3) is 5.65. The SMILES string of the molecule is Cc1ccc2nc[nH]c2c1.Cc1ccc2nc[nH]c2c1.Cc1ccc2nc[nH]c2c1.[Ga+3]. The maximum Gasteiger partial charge on any atom is 3.00 e. The Balaban J connectivity index is 0.000000130. The smallest absolute Gasteiger partial charge is 0.345 e. The van der Waals surface area contributed by atoms with Crippen LogP contribution in [0.1, 0.15) is 16.7 Å². The van der Waals surface area contributed by atoms with Gasteiger partial charge in [0.25, 0.3) is 0 Å². The second-order valence-corrected chi connectivity index (χ2v) is 7.27. The molecule has 3 aromatic heterocycles. The Morgan fingerprint density at radius 2 is 0.774 bits per heavy atom. The summed E-state index contributed by atoms with van der Waals surface area (Å²) in [5.74, 6) is 0. The topological polar surface area (TPSA) is 86.0 Å². The zero-order valence-corrected chi connectivity index (χ0v) is 20.3. The van der Waals surface area contributed by atoms with E-state index in [1.807, 2.05) is 18.2 Å². The fourth-order valence-corrected chi connectivity index (χ4v) is 3.15. The van der Waals surface area contributed by atoms with E-state index >= 15 is 0 Å². The molecule has 3 heterocycles. The van der Waals surface area contributed by atoms with Gasteiger partial charge in [0.2, 0.25) is 0 Å². The fourth-order valence-electron chi connectivity index (χ4n) is 3.15. The van der Waals surface area contributed by atoms with Gasteiger partial charge in [0.15, 0.2) is 0 Å². The van der Waals surface area contributed by atoms with Gasteiger partial charge in [-0.05, 0) is 73.9 Å². The monoisotopic (exact) mass is 465 g/mol. The molecule has 150 valence electrons. The van der Waals surface area contributed by atoms with E-state index in [0.717, 1.165) is 33.1 Å². The summed E-state index contributed by atoms with van der Waals surface area (Å²) < 4.78 is 0. The van der Waals surface area contributed by atoms with Gasteiger partial charge in [0, 0.05) is 0 Å². The van der Waals surface area contributed by atoms with E-state index in [2.05, 4.69) is 87.1 Å². The number of imidazole rings is 3. The van der Waals surface area contributed by atoms with Crippen LogP contribution in [0.25, 0.3) is 33.1 Å². The van der Waals surface area contributed by atoms with E-state index < -0.39 is 0 Å². The van der Waals surface area contributed by atoms with Gasteiger partial charge in [-0.25, -0.2) is 15.0 Å². The van der Waals surface area contributed by atoms with Gasteiger partial charge in [-0.3, -0.25) is 0 Å². The summed E-state index contributed by atoms with van der Waals surface area (Å²) in [5, 5.41) is 0. The number of hydrogen-bond acceptors (Lipinski definition) is 3. The first-order chi connectivity index (χ1) is 14.6. The van der Waals surface area contributed by atoms with Crippen molar-refractivity contribution < 1.29 is 0 Å². The number of aromatic amines is 3. The van der Waals surface area contributed by atoms with E-state index in [0.29, 0.717) is 0 Å². The Bertz CT molecular complexity index is 1220. The first kappa shape index (κ1) is 22.4. The molecule has 31 heavy (non-hydrogen) atoms. The van der Waals surface area contributed by atoms with Gasteiger partial charge >= 0.3 is 19.8 Å². The van der Waals surface area contributed by atoms with Crippen molar-refractivity contribution in [1.82, 2.24) is 29.9 Å². The predicted octanol–water partition coefficient (Wildman–Crippen LogP) is 5.23. The summed E-state index contributed by atoms with van der Waals surface area (Å²) in [5.41, 5.74) is 10.2. The van der Waals surface area contributed by atoms with Crippen molar-refractivity contribution in [3.63, 3.8) is 0 Å². The van der Waals surface area contributed by atoms with Crippen molar-refractivity contribution in [3.05, 3.63) is 90.3 Å². The van der Waals surface area contributed by atoms with Crippen LogP contribution in [-0.4, -0.2) is 49.7 Å². The Morgan fingerprint density at radius 3 is 1.06 bits per heavy atom. The van der Waals surface area contributed by atoms with E-state index in [1.54, 1.807) is 19.0 Å². The molecule has 0 saturated heterocycles. The van der Waals surface area contributed by atoms with Crippen molar-refractivity contribution in [3.8, 4) is 0 Å². The molecular weight excluding hydrogens is 442 g/mol. The molecule has 3 aromatic carbocycles. The third-order valence-corrected chi connectivity index (χ3v) is 4.73. The predicted molar refractivity (Wildman–Crippen MR) is 128 cm³/mol. The summed E-state index contributed by atoms with van der Waals surface area (Å²) in [6.45, 7) is 6.21. The van der Waals surface area contributed by atoms with Crippen LogP contribution in [-0.2, 0) is 0 Å². The number of rotatable bonds is 0.